The molecule has 3 aliphatic rings. The van der Waals surface area contributed by atoms with Crippen LogP contribution in [-0.4, -0.2) is 23.3 Å². The van der Waals surface area contributed by atoms with Gasteiger partial charge in [0.25, 0.3) is 11.7 Å². The normalized spacial score (nSPS) is 23.6. The van der Waals surface area contributed by atoms with E-state index in [4.69, 9.17) is 10.5 Å². The molecule has 34 heavy (non-hydrogen) atoms. The summed E-state index contributed by atoms with van der Waals surface area (Å²) in [5.41, 5.74) is 6.72. The second-order valence-corrected chi connectivity index (χ2v) is 9.27. The van der Waals surface area contributed by atoms with Crippen LogP contribution in [0.15, 0.2) is 65.7 Å². The van der Waals surface area contributed by atoms with E-state index in [1.165, 1.54) is 0 Å². The lowest BCUT2D eigenvalue weighted by Crippen LogP contribution is -2.60. The zero-order valence-electron chi connectivity index (χ0n) is 18.8. The third kappa shape index (κ3) is 2.42. The number of rotatable bonds is 3. The van der Waals surface area contributed by atoms with Gasteiger partial charge in [-0.1, -0.05) is 56.3 Å². The molecule has 7 heteroatoms. The number of nitrogens with zero attached hydrogens (tertiary/aromatic N) is 1. The predicted molar refractivity (Wildman–Crippen MR) is 126 cm³/mol. The number of hydrogen-bond acceptors (Lipinski definition) is 6. The van der Waals surface area contributed by atoms with Crippen molar-refractivity contribution >= 4 is 23.0 Å². The Morgan fingerprint density at radius 2 is 1.91 bits per heavy atom. The van der Waals surface area contributed by atoms with Crippen LogP contribution in [0.4, 0.5) is 5.69 Å². The minimum absolute atomic E-state index is 0.158. The van der Waals surface area contributed by atoms with Crippen LogP contribution in [0, 0.1) is 0 Å². The molecule has 3 aromatic carbocycles. The van der Waals surface area contributed by atoms with Crippen LogP contribution in [0.25, 0.3) is 5.57 Å². The number of Topliss-reactive ketones (excluding diaryl/α,β-unsaturated/α-hetero) is 1. The Bertz CT molecular complexity index is 1540. The number of ketones is 1. The molecular formula is C27H23N3O4. The van der Waals surface area contributed by atoms with Crippen molar-refractivity contribution in [2.45, 2.75) is 31.1 Å². The zero-order valence-corrected chi connectivity index (χ0v) is 18.8. The molecule has 7 nitrogen and oxygen atoms in total. The fourth-order valence-electron chi connectivity index (χ4n) is 5.30. The number of anilines is 1. The van der Waals surface area contributed by atoms with Gasteiger partial charge in [-0.2, -0.15) is 0 Å². The summed E-state index contributed by atoms with van der Waals surface area (Å²) in [7, 11) is 0. The van der Waals surface area contributed by atoms with E-state index in [9.17, 15) is 14.7 Å². The molecule has 0 spiro atoms. The van der Waals surface area contributed by atoms with E-state index in [1.807, 2.05) is 50.2 Å². The Morgan fingerprint density at radius 3 is 2.71 bits per heavy atom. The Labute approximate surface area is 195 Å². The summed E-state index contributed by atoms with van der Waals surface area (Å²) in [6.45, 7) is 4.27. The number of benzene rings is 3. The molecule has 0 saturated carbocycles. The summed E-state index contributed by atoms with van der Waals surface area (Å²) < 4.78 is 6.13. The molecule has 6 rings (SSSR count). The first kappa shape index (κ1) is 20.6. The summed E-state index contributed by atoms with van der Waals surface area (Å²) in [6, 6.07) is 17.7. The first-order valence-corrected chi connectivity index (χ1v) is 11.2. The van der Waals surface area contributed by atoms with E-state index in [0.29, 0.717) is 22.1 Å². The average molecular weight is 453 g/mol. The maximum atomic E-state index is 14.0. The van der Waals surface area contributed by atoms with Gasteiger partial charge < -0.3 is 20.9 Å². The second-order valence-electron chi connectivity index (χ2n) is 9.27. The zero-order chi connectivity index (χ0) is 23.8. The molecule has 2 heterocycles. The van der Waals surface area contributed by atoms with Gasteiger partial charge in [-0.05, 0) is 29.7 Å². The number of nitrogens with one attached hydrogen (secondary N) is 1. The number of nitrogen functional groups attached to an aromatic ring is 1. The highest BCUT2D eigenvalue weighted by molar-refractivity contribution is 6.20. The van der Waals surface area contributed by atoms with Gasteiger partial charge in [0.1, 0.15) is 5.75 Å². The number of aliphatic hydroxyl groups is 1. The fraction of sp³-hybridized carbons (Fsp3) is 0.222. The van der Waals surface area contributed by atoms with Gasteiger partial charge in [0, 0.05) is 27.6 Å². The van der Waals surface area contributed by atoms with Crippen LogP contribution < -0.4 is 26.4 Å². The van der Waals surface area contributed by atoms with Gasteiger partial charge in [0.05, 0.1) is 17.5 Å². The number of ether oxygens (including phenoxy) is 1. The number of hydrogen-bond donors (Lipinski definition) is 3. The molecule has 1 aliphatic carbocycles. The lowest BCUT2D eigenvalue weighted by molar-refractivity contribution is -0.174. The fourth-order valence-corrected chi connectivity index (χ4v) is 5.30. The van der Waals surface area contributed by atoms with Gasteiger partial charge in [0.2, 0.25) is 11.3 Å². The molecule has 170 valence electrons. The second kappa shape index (κ2) is 6.77. The molecule has 0 bridgehead atoms. The third-order valence-corrected chi connectivity index (χ3v) is 7.08. The Morgan fingerprint density at radius 1 is 1.12 bits per heavy atom. The molecule has 0 saturated heterocycles. The third-order valence-electron chi connectivity index (χ3n) is 7.08. The molecule has 2 aliphatic heterocycles. The van der Waals surface area contributed by atoms with Crippen molar-refractivity contribution < 1.29 is 19.4 Å². The molecular weight excluding hydrogens is 430 g/mol. The largest absolute Gasteiger partial charge is 0.454 e. The van der Waals surface area contributed by atoms with Crippen molar-refractivity contribution in [2.24, 2.45) is 4.99 Å². The van der Waals surface area contributed by atoms with Gasteiger partial charge in [-0.25, -0.2) is 0 Å². The number of fused-ring (bicyclic) bond motifs is 6. The number of carbonyl (C=O) groups excluding carboxylic acids is 2. The number of para-hydroxylation sites is 1. The maximum Gasteiger partial charge on any atom is 0.271 e. The highest BCUT2D eigenvalue weighted by Gasteiger charge is 2.72. The molecule has 3 aromatic rings. The number of carbonyl (C=O) groups is 2. The van der Waals surface area contributed by atoms with Crippen LogP contribution in [0.3, 0.4) is 0 Å². The standard InChI is InChI=1S/C27H23N3O4/c1-14(2)15-10-11-18-22(12-15)34-27(33)19-7-5-8-20(28)23(19)24(31)26(18,27)30-25(32)17-13-29-21-9-4-3-6-16(17)21/h3-12,14,33H,13,28H2,1-2H3,(H,30,32). The van der Waals surface area contributed by atoms with Crippen LogP contribution in [0.5, 0.6) is 5.75 Å². The molecule has 2 atom stereocenters. The van der Waals surface area contributed by atoms with E-state index in [1.54, 1.807) is 24.3 Å². The Balaban J connectivity index is 1.57. The van der Waals surface area contributed by atoms with Crippen molar-refractivity contribution in [1.82, 2.24) is 5.32 Å². The SMILES string of the molecule is CC(C)c1ccc2c(c1)OC1(O)c3cccc(N)c3C(=O)C21NC(=O)C1=c2ccccc2=NC1. The predicted octanol–water partition coefficient (Wildman–Crippen LogP) is 1.62. The van der Waals surface area contributed by atoms with Crippen LogP contribution in [-0.2, 0) is 16.1 Å². The van der Waals surface area contributed by atoms with Gasteiger partial charge >= 0.3 is 0 Å². The summed E-state index contributed by atoms with van der Waals surface area (Å²) in [5.74, 6) is -2.57. The first-order chi connectivity index (χ1) is 16.3. The van der Waals surface area contributed by atoms with Gasteiger partial charge in [-0.3, -0.25) is 14.6 Å². The van der Waals surface area contributed by atoms with Crippen LogP contribution >= 0.6 is 0 Å². The average Bonchev–Trinajstić information content (AvgIpc) is 3.41. The van der Waals surface area contributed by atoms with Crippen LogP contribution in [0.2, 0.25) is 0 Å². The quantitative estimate of drug-likeness (QED) is 0.522. The summed E-state index contributed by atoms with van der Waals surface area (Å²) in [6.07, 6.45) is 0. The Kier molecular flexibility index (Phi) is 4.11. The molecule has 0 fully saturated rings. The van der Waals surface area contributed by atoms with E-state index in [-0.39, 0.29) is 29.3 Å². The highest BCUT2D eigenvalue weighted by Crippen LogP contribution is 2.59. The van der Waals surface area contributed by atoms with Crippen molar-refractivity contribution in [3.63, 3.8) is 0 Å². The van der Waals surface area contributed by atoms with Crippen LogP contribution in [0.1, 0.15) is 46.8 Å². The summed E-state index contributed by atoms with van der Waals surface area (Å²) >= 11 is 0. The van der Waals surface area contributed by atoms with Crippen molar-refractivity contribution in [1.29, 1.82) is 0 Å². The van der Waals surface area contributed by atoms with Crippen molar-refractivity contribution in [3.8, 4) is 5.75 Å². The maximum absolute atomic E-state index is 14.0. The van der Waals surface area contributed by atoms with E-state index in [0.717, 1.165) is 10.9 Å². The molecule has 0 aromatic heterocycles. The lowest BCUT2D eigenvalue weighted by atomic mass is 9.82. The smallest absolute Gasteiger partial charge is 0.271 e. The van der Waals surface area contributed by atoms with Gasteiger partial charge in [-0.15, -0.1) is 0 Å². The topological polar surface area (TPSA) is 114 Å². The molecule has 1 amide bonds. The minimum atomic E-state index is -2.14. The lowest BCUT2D eigenvalue weighted by Gasteiger charge is -2.34. The number of amides is 1. The van der Waals surface area contributed by atoms with E-state index >= 15 is 0 Å². The van der Waals surface area contributed by atoms with Crippen molar-refractivity contribution in [3.05, 3.63) is 93.5 Å². The minimum Gasteiger partial charge on any atom is -0.454 e. The first-order valence-electron chi connectivity index (χ1n) is 11.2. The number of nitrogens with two attached hydrogens (primary N) is 1. The van der Waals surface area contributed by atoms with E-state index in [2.05, 4.69) is 10.3 Å². The van der Waals surface area contributed by atoms with Crippen molar-refractivity contribution in [2.75, 3.05) is 12.3 Å². The molecule has 4 N–H and O–H groups in total. The highest BCUT2D eigenvalue weighted by atomic mass is 16.6. The molecule has 0 radical (unpaired) electrons. The van der Waals surface area contributed by atoms with Gasteiger partial charge in [0.15, 0.2) is 0 Å². The summed E-state index contributed by atoms with van der Waals surface area (Å²) in [4.78, 5) is 32.1. The Hall–Kier alpha value is -3.97. The van der Waals surface area contributed by atoms with E-state index < -0.39 is 23.0 Å². The molecule has 2 unspecified atom stereocenters. The summed E-state index contributed by atoms with van der Waals surface area (Å²) in [5, 5.41) is 16.3. The monoisotopic (exact) mass is 453 g/mol.